The maximum absolute atomic E-state index is 10.7. The molecular weight excluding hydrogens is 316 g/mol. The van der Waals surface area contributed by atoms with Gasteiger partial charge in [0.25, 0.3) is 0 Å². The number of aliphatic hydroxyl groups is 2. The zero-order valence-corrected chi connectivity index (χ0v) is 14.7. The van der Waals surface area contributed by atoms with Crippen LogP contribution in [-0.4, -0.2) is 40.4 Å². The van der Waals surface area contributed by atoms with Crippen molar-refractivity contribution in [2.45, 2.75) is 56.9 Å². The summed E-state index contributed by atoms with van der Waals surface area (Å²) < 4.78 is 11.8. The topological polar surface area (TPSA) is 58.9 Å². The molecule has 1 saturated heterocycles. The van der Waals surface area contributed by atoms with Crippen molar-refractivity contribution in [3.8, 4) is 0 Å². The quantitative estimate of drug-likeness (QED) is 0.847. The Balaban J connectivity index is 1.71. The monoisotopic (exact) mass is 342 g/mol. The Bertz CT molecular complexity index is 599. The van der Waals surface area contributed by atoms with Crippen molar-refractivity contribution in [1.29, 1.82) is 0 Å². The van der Waals surface area contributed by atoms with Gasteiger partial charge in [0, 0.05) is 12.8 Å². The minimum Gasteiger partial charge on any atom is -0.390 e. The molecule has 2 N–H and O–H groups in total. The van der Waals surface area contributed by atoms with Crippen molar-refractivity contribution in [2.24, 2.45) is 0 Å². The van der Waals surface area contributed by atoms with Gasteiger partial charge in [0.2, 0.25) is 0 Å². The van der Waals surface area contributed by atoms with Crippen LogP contribution in [0.2, 0.25) is 0 Å². The van der Waals surface area contributed by atoms with Gasteiger partial charge < -0.3 is 19.7 Å². The molecule has 1 aliphatic rings. The van der Waals surface area contributed by atoms with Crippen LogP contribution in [-0.2, 0) is 22.3 Å². The number of benzene rings is 2. The van der Waals surface area contributed by atoms with Gasteiger partial charge in [-0.05, 0) is 25.0 Å². The van der Waals surface area contributed by atoms with E-state index >= 15 is 0 Å². The van der Waals surface area contributed by atoms with E-state index in [1.165, 1.54) is 0 Å². The van der Waals surface area contributed by atoms with Crippen molar-refractivity contribution >= 4 is 0 Å². The summed E-state index contributed by atoms with van der Waals surface area (Å²) in [7, 11) is 0. The van der Waals surface area contributed by atoms with Crippen molar-refractivity contribution < 1.29 is 19.7 Å². The molecule has 2 aromatic carbocycles. The standard InChI is InChI=1S/C21H26O4/c1-21(2)24-19(17(22)13-15-9-5-3-6-10-15)20(25-21)18(23)14-16-11-7-4-8-12-16/h3-12,17-20,22-23H,13-14H2,1-2H3/t17-,18-,19+,20+/m0/s1. The van der Waals surface area contributed by atoms with Crippen LogP contribution >= 0.6 is 0 Å². The Kier molecular flexibility index (Phi) is 5.54. The van der Waals surface area contributed by atoms with E-state index in [1.54, 1.807) is 0 Å². The predicted octanol–water partition coefficient (Wildman–Crippen LogP) is 2.71. The summed E-state index contributed by atoms with van der Waals surface area (Å²) in [5, 5.41) is 21.4. The molecule has 134 valence electrons. The third-order valence-corrected chi connectivity index (χ3v) is 4.50. The molecule has 2 aromatic rings. The summed E-state index contributed by atoms with van der Waals surface area (Å²) in [6, 6.07) is 19.6. The second kappa shape index (κ2) is 7.67. The summed E-state index contributed by atoms with van der Waals surface area (Å²) >= 11 is 0. The van der Waals surface area contributed by atoms with Crippen LogP contribution in [0.15, 0.2) is 60.7 Å². The summed E-state index contributed by atoms with van der Waals surface area (Å²) in [4.78, 5) is 0. The first kappa shape index (κ1) is 18.1. The molecule has 0 aliphatic carbocycles. The minimum atomic E-state index is -0.829. The Labute approximate surface area is 149 Å². The third-order valence-electron chi connectivity index (χ3n) is 4.50. The van der Waals surface area contributed by atoms with Gasteiger partial charge in [0.05, 0.1) is 12.2 Å². The molecule has 4 atom stereocenters. The molecule has 1 heterocycles. The van der Waals surface area contributed by atoms with E-state index in [-0.39, 0.29) is 0 Å². The van der Waals surface area contributed by atoms with Crippen LogP contribution in [0.3, 0.4) is 0 Å². The average Bonchev–Trinajstić information content (AvgIpc) is 2.93. The zero-order chi connectivity index (χ0) is 17.9. The van der Waals surface area contributed by atoms with Gasteiger partial charge in [-0.2, -0.15) is 0 Å². The number of hydrogen-bond acceptors (Lipinski definition) is 4. The molecule has 25 heavy (non-hydrogen) atoms. The molecule has 1 aliphatic heterocycles. The van der Waals surface area contributed by atoms with E-state index in [0.717, 1.165) is 11.1 Å². The summed E-state index contributed by atoms with van der Waals surface area (Å²) in [5.74, 6) is -0.829. The van der Waals surface area contributed by atoms with E-state index < -0.39 is 30.2 Å². The number of hydrogen-bond donors (Lipinski definition) is 2. The van der Waals surface area contributed by atoms with E-state index in [0.29, 0.717) is 12.8 Å². The van der Waals surface area contributed by atoms with Crippen molar-refractivity contribution in [3.63, 3.8) is 0 Å². The second-order valence-electron chi connectivity index (χ2n) is 7.08. The van der Waals surface area contributed by atoms with Gasteiger partial charge in [0.1, 0.15) is 12.2 Å². The fraction of sp³-hybridized carbons (Fsp3) is 0.429. The molecule has 0 bridgehead atoms. The fourth-order valence-electron chi connectivity index (χ4n) is 3.36. The van der Waals surface area contributed by atoms with Crippen LogP contribution in [0, 0.1) is 0 Å². The number of rotatable bonds is 6. The highest BCUT2D eigenvalue weighted by atomic mass is 16.8. The van der Waals surface area contributed by atoms with Crippen molar-refractivity contribution in [2.75, 3.05) is 0 Å². The highest BCUT2D eigenvalue weighted by Gasteiger charge is 2.47. The fourth-order valence-corrected chi connectivity index (χ4v) is 3.36. The molecule has 0 aromatic heterocycles. The lowest BCUT2D eigenvalue weighted by molar-refractivity contribution is -0.160. The van der Waals surface area contributed by atoms with Crippen LogP contribution in [0.25, 0.3) is 0 Å². The van der Waals surface area contributed by atoms with Gasteiger partial charge in [-0.1, -0.05) is 60.7 Å². The Morgan fingerprint density at radius 1 is 0.760 bits per heavy atom. The first-order valence-electron chi connectivity index (χ1n) is 8.74. The van der Waals surface area contributed by atoms with Gasteiger partial charge >= 0.3 is 0 Å². The van der Waals surface area contributed by atoms with Crippen LogP contribution in [0.1, 0.15) is 25.0 Å². The average molecular weight is 342 g/mol. The number of aliphatic hydroxyl groups excluding tert-OH is 2. The molecule has 0 radical (unpaired) electrons. The van der Waals surface area contributed by atoms with Crippen molar-refractivity contribution in [1.82, 2.24) is 0 Å². The summed E-state index contributed by atoms with van der Waals surface area (Å²) in [6.45, 7) is 3.62. The molecule has 3 rings (SSSR count). The molecule has 4 heteroatoms. The molecule has 0 unspecified atom stereocenters. The first-order chi connectivity index (χ1) is 11.9. The molecule has 1 fully saturated rings. The van der Waals surface area contributed by atoms with E-state index in [9.17, 15) is 10.2 Å². The zero-order valence-electron chi connectivity index (χ0n) is 14.7. The Morgan fingerprint density at radius 2 is 1.12 bits per heavy atom. The number of ether oxygens (including phenoxy) is 2. The van der Waals surface area contributed by atoms with Gasteiger partial charge in [-0.3, -0.25) is 0 Å². The molecule has 4 nitrogen and oxygen atoms in total. The first-order valence-corrected chi connectivity index (χ1v) is 8.74. The molecule has 0 saturated carbocycles. The second-order valence-corrected chi connectivity index (χ2v) is 7.08. The van der Waals surface area contributed by atoms with Gasteiger partial charge in [-0.25, -0.2) is 0 Å². The SMILES string of the molecule is CC1(C)O[C@H]([C@@H](O)Cc2ccccc2)[C@@H]([C@@H](O)Cc2ccccc2)O1. The highest BCUT2D eigenvalue weighted by molar-refractivity contribution is 5.18. The van der Waals surface area contributed by atoms with Crippen LogP contribution in [0.4, 0.5) is 0 Å². The minimum absolute atomic E-state index is 0.458. The summed E-state index contributed by atoms with van der Waals surface area (Å²) in [5.41, 5.74) is 2.05. The highest BCUT2D eigenvalue weighted by Crippen LogP contribution is 2.33. The van der Waals surface area contributed by atoms with Crippen LogP contribution in [0.5, 0.6) is 0 Å². The normalized spacial score (nSPS) is 24.8. The smallest absolute Gasteiger partial charge is 0.164 e. The molecule has 0 spiro atoms. The van der Waals surface area contributed by atoms with E-state index in [2.05, 4.69) is 0 Å². The van der Waals surface area contributed by atoms with Gasteiger partial charge in [0.15, 0.2) is 5.79 Å². The van der Waals surface area contributed by atoms with Crippen molar-refractivity contribution in [3.05, 3.63) is 71.8 Å². The third kappa shape index (κ3) is 4.67. The molecular formula is C21H26O4. The Morgan fingerprint density at radius 3 is 1.48 bits per heavy atom. The predicted molar refractivity (Wildman–Crippen MR) is 96.1 cm³/mol. The maximum atomic E-state index is 10.7. The largest absolute Gasteiger partial charge is 0.390 e. The molecule has 0 amide bonds. The van der Waals surface area contributed by atoms with Gasteiger partial charge in [-0.15, -0.1) is 0 Å². The Hall–Kier alpha value is -1.72. The lowest BCUT2D eigenvalue weighted by atomic mass is 9.94. The maximum Gasteiger partial charge on any atom is 0.164 e. The summed E-state index contributed by atoms with van der Waals surface area (Å²) in [6.07, 6.45) is -1.74. The van der Waals surface area contributed by atoms with E-state index in [1.807, 2.05) is 74.5 Å². The van der Waals surface area contributed by atoms with Crippen LogP contribution < -0.4 is 0 Å². The lowest BCUT2D eigenvalue weighted by Crippen LogP contribution is -2.44. The lowest BCUT2D eigenvalue weighted by Gasteiger charge is -2.26. The van der Waals surface area contributed by atoms with E-state index in [4.69, 9.17) is 9.47 Å².